The van der Waals surface area contributed by atoms with Crippen LogP contribution in [0.5, 0.6) is 0 Å². The topological polar surface area (TPSA) is 27.7 Å². The van der Waals surface area contributed by atoms with Crippen molar-refractivity contribution in [3.8, 4) is 17.1 Å². The molecule has 3 heterocycles. The summed E-state index contributed by atoms with van der Waals surface area (Å²) >= 11 is 0. The van der Waals surface area contributed by atoms with Gasteiger partial charge in [0.2, 0.25) is 0 Å². The summed E-state index contributed by atoms with van der Waals surface area (Å²) in [7, 11) is 0. The fourth-order valence-electron chi connectivity index (χ4n) is 7.35. The quantitative estimate of drug-likeness (QED) is 0.206. The van der Waals surface area contributed by atoms with Crippen molar-refractivity contribution in [2.45, 2.75) is 0 Å². The summed E-state index contributed by atoms with van der Waals surface area (Å²) in [5.74, 6) is 0. The van der Waals surface area contributed by atoms with Gasteiger partial charge in [0.05, 0.1) is 33.3 Å². The van der Waals surface area contributed by atoms with Crippen molar-refractivity contribution in [2.24, 2.45) is 0 Å². The zero-order chi connectivity index (χ0) is 29.5. The molecule has 45 heavy (non-hydrogen) atoms. The van der Waals surface area contributed by atoms with Gasteiger partial charge >= 0.3 is 0 Å². The molecule has 210 valence electrons. The normalized spacial score (nSPS) is 12.0. The minimum atomic E-state index is 0.973. The molecule has 0 saturated carbocycles. The summed E-state index contributed by atoms with van der Waals surface area (Å²) in [6.07, 6.45) is 1.94. The van der Waals surface area contributed by atoms with Crippen LogP contribution in [0.2, 0.25) is 0 Å². The lowest BCUT2D eigenvalue weighted by Crippen LogP contribution is -1.97. The van der Waals surface area contributed by atoms with E-state index in [1.54, 1.807) is 0 Å². The lowest BCUT2D eigenvalue weighted by molar-refractivity contribution is 1.09. The molecule has 0 unspecified atom stereocenters. The van der Waals surface area contributed by atoms with Crippen LogP contribution in [0.1, 0.15) is 0 Å². The molecular formula is C41H26N4. The molecule has 0 aliphatic heterocycles. The maximum atomic E-state index is 5.00. The van der Waals surface area contributed by atoms with E-state index in [0.29, 0.717) is 0 Å². The second-order valence-electron chi connectivity index (χ2n) is 11.7. The summed E-state index contributed by atoms with van der Waals surface area (Å²) in [6.45, 7) is 0. The van der Waals surface area contributed by atoms with Gasteiger partial charge in [-0.05, 0) is 66.0 Å². The molecule has 0 spiro atoms. The first kappa shape index (κ1) is 24.3. The van der Waals surface area contributed by atoms with Crippen molar-refractivity contribution in [2.75, 3.05) is 0 Å². The summed E-state index contributed by atoms with van der Waals surface area (Å²) in [5, 5.41) is 7.44. The zero-order valence-electron chi connectivity index (χ0n) is 24.3. The first-order valence-electron chi connectivity index (χ1n) is 15.3. The van der Waals surface area contributed by atoms with Crippen LogP contribution >= 0.6 is 0 Å². The highest BCUT2D eigenvalue weighted by Crippen LogP contribution is 2.41. The number of fused-ring (bicyclic) bond motifs is 9. The Balaban J connectivity index is 1.35. The molecule has 4 nitrogen and oxygen atoms in total. The molecule has 7 aromatic carbocycles. The number of hydrogen-bond donors (Lipinski definition) is 0. The maximum absolute atomic E-state index is 5.00. The van der Waals surface area contributed by atoms with Gasteiger partial charge in [0.1, 0.15) is 11.8 Å². The Morgan fingerprint density at radius 1 is 0.400 bits per heavy atom. The van der Waals surface area contributed by atoms with Gasteiger partial charge in [0, 0.05) is 38.3 Å². The van der Waals surface area contributed by atoms with Crippen LogP contribution in [0.4, 0.5) is 0 Å². The Bertz CT molecular complexity index is 2750. The van der Waals surface area contributed by atoms with Crippen LogP contribution < -0.4 is 0 Å². The van der Waals surface area contributed by atoms with E-state index in [4.69, 9.17) is 4.98 Å². The molecule has 4 heteroatoms. The van der Waals surface area contributed by atoms with Gasteiger partial charge < -0.3 is 9.13 Å². The first-order chi connectivity index (χ1) is 22.3. The van der Waals surface area contributed by atoms with Gasteiger partial charge in [-0.15, -0.1) is 0 Å². The first-order valence-corrected chi connectivity index (χ1v) is 15.3. The third kappa shape index (κ3) is 3.39. The van der Waals surface area contributed by atoms with E-state index in [1.807, 2.05) is 12.4 Å². The molecule has 0 aliphatic carbocycles. The minimum absolute atomic E-state index is 0.973. The highest BCUT2D eigenvalue weighted by molar-refractivity contribution is 6.22. The molecule has 3 aromatic heterocycles. The van der Waals surface area contributed by atoms with Crippen LogP contribution in [0.25, 0.3) is 82.5 Å². The van der Waals surface area contributed by atoms with Crippen molar-refractivity contribution in [3.05, 3.63) is 158 Å². The zero-order valence-corrected chi connectivity index (χ0v) is 24.3. The lowest BCUT2D eigenvalue weighted by Gasteiger charge is -2.12. The standard InChI is InChI=1S/C41H26N4/c1-3-12-28(13-4-1)43-26-42-40-37(43)20-11-21-38(40)45-36-19-10-8-17-31(36)34-24-27-22-23-32-30-16-7-9-18-35(30)44(29-14-5-2-6-15-29)41(32)33(27)25-39(34)45/h1-26H. The van der Waals surface area contributed by atoms with Crippen molar-refractivity contribution >= 4 is 65.4 Å². The van der Waals surface area contributed by atoms with Gasteiger partial charge in [-0.3, -0.25) is 4.57 Å². The number of aromatic nitrogens is 4. The number of nitrogens with zero attached hydrogens (tertiary/aromatic N) is 4. The predicted molar refractivity (Wildman–Crippen MR) is 187 cm³/mol. The van der Waals surface area contributed by atoms with Crippen molar-refractivity contribution in [3.63, 3.8) is 0 Å². The van der Waals surface area contributed by atoms with Gasteiger partial charge in [0.25, 0.3) is 0 Å². The third-order valence-corrected chi connectivity index (χ3v) is 9.29. The third-order valence-electron chi connectivity index (χ3n) is 9.29. The Hall–Kier alpha value is -6.13. The van der Waals surface area contributed by atoms with Crippen LogP contribution in [0.15, 0.2) is 158 Å². The molecule has 10 aromatic rings. The maximum Gasteiger partial charge on any atom is 0.113 e. The molecule has 10 rings (SSSR count). The van der Waals surface area contributed by atoms with E-state index in [-0.39, 0.29) is 0 Å². The predicted octanol–water partition coefficient (Wildman–Crippen LogP) is 10.4. The van der Waals surface area contributed by atoms with Crippen LogP contribution in [0, 0.1) is 0 Å². The molecular weight excluding hydrogens is 548 g/mol. The fourth-order valence-corrected chi connectivity index (χ4v) is 7.35. The Morgan fingerprint density at radius 3 is 1.82 bits per heavy atom. The van der Waals surface area contributed by atoms with Crippen LogP contribution in [0.3, 0.4) is 0 Å². The summed E-state index contributed by atoms with van der Waals surface area (Å²) in [5.41, 5.74) is 10.2. The molecule has 0 radical (unpaired) electrons. The highest BCUT2D eigenvalue weighted by atomic mass is 15.1. The molecule has 0 amide bonds. The van der Waals surface area contributed by atoms with E-state index < -0.39 is 0 Å². The Labute approximate surface area is 258 Å². The van der Waals surface area contributed by atoms with Crippen LogP contribution in [-0.2, 0) is 0 Å². The second kappa shape index (κ2) is 9.18. The van der Waals surface area contributed by atoms with E-state index in [0.717, 1.165) is 28.1 Å². The lowest BCUT2D eigenvalue weighted by atomic mass is 10.0. The molecule has 0 saturated heterocycles. The number of imidazole rings is 1. The molecule has 0 aliphatic rings. The molecule has 0 bridgehead atoms. The van der Waals surface area contributed by atoms with E-state index >= 15 is 0 Å². The van der Waals surface area contributed by atoms with Gasteiger partial charge in [-0.1, -0.05) is 91.0 Å². The molecule has 0 N–H and O–H groups in total. The smallest absolute Gasteiger partial charge is 0.113 e. The Kier molecular flexibility index (Phi) is 4.96. The SMILES string of the molecule is c1ccc(-n2cnc3c(-n4c5ccccc5c5cc6ccc7c8ccccc8n(-c8ccccc8)c7c6cc54)cccc32)cc1. The van der Waals surface area contributed by atoms with Crippen molar-refractivity contribution < 1.29 is 0 Å². The monoisotopic (exact) mass is 574 g/mol. The number of benzene rings is 7. The largest absolute Gasteiger partial charge is 0.309 e. The average molecular weight is 575 g/mol. The average Bonchev–Trinajstić information content (AvgIpc) is 3.78. The van der Waals surface area contributed by atoms with Crippen LogP contribution in [-0.4, -0.2) is 18.7 Å². The van der Waals surface area contributed by atoms with Gasteiger partial charge in [-0.2, -0.15) is 0 Å². The highest BCUT2D eigenvalue weighted by Gasteiger charge is 2.20. The molecule has 0 atom stereocenters. The van der Waals surface area contributed by atoms with Gasteiger partial charge in [0.15, 0.2) is 0 Å². The van der Waals surface area contributed by atoms with E-state index in [9.17, 15) is 0 Å². The summed E-state index contributed by atoms with van der Waals surface area (Å²) < 4.78 is 7.00. The van der Waals surface area contributed by atoms with E-state index in [1.165, 1.54) is 54.4 Å². The number of hydrogen-bond acceptors (Lipinski definition) is 1. The summed E-state index contributed by atoms with van der Waals surface area (Å²) in [4.78, 5) is 5.00. The van der Waals surface area contributed by atoms with E-state index in [2.05, 4.69) is 159 Å². The van der Waals surface area contributed by atoms with Gasteiger partial charge in [-0.25, -0.2) is 4.98 Å². The number of para-hydroxylation sites is 5. The number of rotatable bonds is 3. The van der Waals surface area contributed by atoms with Crippen molar-refractivity contribution in [1.29, 1.82) is 0 Å². The Morgan fingerprint density at radius 2 is 1.04 bits per heavy atom. The summed E-state index contributed by atoms with van der Waals surface area (Å²) in [6, 6.07) is 54.5. The van der Waals surface area contributed by atoms with Crippen molar-refractivity contribution in [1.82, 2.24) is 18.7 Å². The molecule has 0 fully saturated rings. The second-order valence-corrected chi connectivity index (χ2v) is 11.7. The minimum Gasteiger partial charge on any atom is -0.309 e. The fraction of sp³-hybridized carbons (Fsp3) is 0.